The molecular formula is C23H23NO6S. The van der Waals surface area contributed by atoms with Gasteiger partial charge in [-0.2, -0.15) is 0 Å². The minimum absolute atomic E-state index is 0.0888. The monoisotopic (exact) mass is 441 g/mol. The van der Waals surface area contributed by atoms with Crippen LogP contribution in [-0.4, -0.2) is 44.7 Å². The summed E-state index contributed by atoms with van der Waals surface area (Å²) in [6.07, 6.45) is 0.590. The molecule has 3 heterocycles. The van der Waals surface area contributed by atoms with E-state index in [0.717, 1.165) is 5.56 Å². The predicted octanol–water partition coefficient (Wildman–Crippen LogP) is 3.12. The van der Waals surface area contributed by atoms with Gasteiger partial charge < -0.3 is 13.9 Å². The van der Waals surface area contributed by atoms with Crippen molar-refractivity contribution < 1.29 is 22.3 Å². The van der Waals surface area contributed by atoms with Gasteiger partial charge in [0.1, 0.15) is 29.6 Å². The van der Waals surface area contributed by atoms with E-state index in [1.54, 1.807) is 26.2 Å². The summed E-state index contributed by atoms with van der Waals surface area (Å²) in [6, 6.07) is 10.8. The highest BCUT2D eigenvalue weighted by Gasteiger charge is 2.35. The van der Waals surface area contributed by atoms with Gasteiger partial charge in [-0.05, 0) is 31.5 Å². The maximum atomic E-state index is 13.5. The summed E-state index contributed by atoms with van der Waals surface area (Å²) in [6.45, 7) is 2.57. The third kappa shape index (κ3) is 3.40. The lowest BCUT2D eigenvalue weighted by molar-refractivity contribution is 0.0649. The molecule has 0 spiro atoms. The Labute approximate surface area is 180 Å². The quantitative estimate of drug-likeness (QED) is 0.617. The number of nitrogens with zero attached hydrogens (tertiary/aromatic N) is 1. The summed E-state index contributed by atoms with van der Waals surface area (Å²) in [5.41, 5.74) is 2.29. The fourth-order valence-corrected chi connectivity index (χ4v) is 6.31. The topological polar surface area (TPSA) is 86.1 Å². The van der Waals surface area contributed by atoms with Gasteiger partial charge in [0.25, 0.3) is 0 Å². The lowest BCUT2D eigenvalue weighted by Gasteiger charge is -2.33. The zero-order valence-corrected chi connectivity index (χ0v) is 18.2. The van der Waals surface area contributed by atoms with Crippen LogP contribution in [0.15, 0.2) is 45.6 Å². The SMILES string of the molecule is COc1ccccc1-c1c(C)oc2c3c(ccc2c1=O)OCN([C@H]1CCS(=O)(=O)C1)C3. The van der Waals surface area contributed by atoms with E-state index in [4.69, 9.17) is 13.9 Å². The number of ether oxygens (including phenoxy) is 2. The first-order valence-corrected chi connectivity index (χ1v) is 12.0. The molecule has 0 N–H and O–H groups in total. The van der Waals surface area contributed by atoms with E-state index in [1.807, 2.05) is 29.2 Å². The third-order valence-corrected chi connectivity index (χ3v) is 7.89. The van der Waals surface area contributed by atoms with Gasteiger partial charge in [0.2, 0.25) is 5.43 Å². The van der Waals surface area contributed by atoms with E-state index in [0.29, 0.717) is 59.1 Å². The third-order valence-electron chi connectivity index (χ3n) is 6.14. The van der Waals surface area contributed by atoms with E-state index in [1.165, 1.54) is 0 Å². The molecule has 3 aromatic rings. The van der Waals surface area contributed by atoms with E-state index in [-0.39, 0.29) is 23.0 Å². The zero-order valence-electron chi connectivity index (χ0n) is 17.4. The number of para-hydroxylation sites is 1. The lowest BCUT2D eigenvalue weighted by Crippen LogP contribution is -2.41. The Balaban J connectivity index is 1.62. The Morgan fingerprint density at radius 3 is 2.71 bits per heavy atom. The summed E-state index contributed by atoms with van der Waals surface area (Å²) in [7, 11) is -1.43. The number of benzene rings is 2. The predicted molar refractivity (Wildman–Crippen MR) is 117 cm³/mol. The molecule has 8 heteroatoms. The summed E-state index contributed by atoms with van der Waals surface area (Å²) in [5, 5.41) is 0.467. The van der Waals surface area contributed by atoms with Crippen LogP contribution < -0.4 is 14.9 Å². The Hall–Kier alpha value is -2.84. The van der Waals surface area contributed by atoms with Crippen molar-refractivity contribution in [3.8, 4) is 22.6 Å². The summed E-state index contributed by atoms with van der Waals surface area (Å²) >= 11 is 0. The Morgan fingerprint density at radius 2 is 1.97 bits per heavy atom. The van der Waals surface area contributed by atoms with Gasteiger partial charge in [-0.1, -0.05) is 18.2 Å². The van der Waals surface area contributed by atoms with E-state index < -0.39 is 9.84 Å². The number of aryl methyl sites for hydroxylation is 1. The van der Waals surface area contributed by atoms with Gasteiger partial charge in [-0.25, -0.2) is 8.42 Å². The molecule has 0 saturated carbocycles. The van der Waals surface area contributed by atoms with Crippen molar-refractivity contribution in [2.75, 3.05) is 25.3 Å². The molecule has 2 aliphatic heterocycles. The molecule has 1 saturated heterocycles. The van der Waals surface area contributed by atoms with E-state index in [9.17, 15) is 13.2 Å². The molecule has 1 fully saturated rings. The fraction of sp³-hybridized carbons (Fsp3) is 0.348. The molecule has 1 atom stereocenters. The van der Waals surface area contributed by atoms with Crippen LogP contribution in [0.25, 0.3) is 22.1 Å². The molecule has 0 radical (unpaired) electrons. The van der Waals surface area contributed by atoms with Gasteiger partial charge in [-0.15, -0.1) is 0 Å². The van der Waals surface area contributed by atoms with Crippen LogP contribution in [0.3, 0.4) is 0 Å². The second-order valence-corrected chi connectivity index (χ2v) is 10.3. The molecule has 7 nitrogen and oxygen atoms in total. The smallest absolute Gasteiger partial charge is 0.200 e. The molecule has 162 valence electrons. The highest BCUT2D eigenvalue weighted by atomic mass is 32.2. The van der Waals surface area contributed by atoms with Crippen molar-refractivity contribution >= 4 is 20.8 Å². The maximum Gasteiger partial charge on any atom is 0.200 e. The number of methoxy groups -OCH3 is 1. The lowest BCUT2D eigenvalue weighted by atomic mass is 9.99. The second kappa shape index (κ2) is 7.39. The molecule has 5 rings (SSSR count). The molecule has 1 aromatic heterocycles. The second-order valence-electron chi connectivity index (χ2n) is 8.06. The number of rotatable bonds is 3. The van der Waals surface area contributed by atoms with Gasteiger partial charge in [0, 0.05) is 18.2 Å². The van der Waals surface area contributed by atoms with Gasteiger partial charge in [-0.3, -0.25) is 9.69 Å². The van der Waals surface area contributed by atoms with E-state index >= 15 is 0 Å². The summed E-state index contributed by atoms with van der Waals surface area (Å²) < 4.78 is 41.4. The molecule has 31 heavy (non-hydrogen) atoms. The summed E-state index contributed by atoms with van der Waals surface area (Å²) in [4.78, 5) is 15.5. The first kappa shape index (κ1) is 20.1. The number of sulfone groups is 1. The van der Waals surface area contributed by atoms with Gasteiger partial charge in [0.05, 0.1) is 35.1 Å². The molecule has 2 aliphatic rings. The average Bonchev–Trinajstić information content (AvgIpc) is 3.13. The van der Waals surface area contributed by atoms with Crippen LogP contribution in [0, 0.1) is 6.92 Å². The van der Waals surface area contributed by atoms with Crippen molar-refractivity contribution in [1.82, 2.24) is 4.90 Å². The van der Waals surface area contributed by atoms with Crippen molar-refractivity contribution in [2.45, 2.75) is 25.9 Å². The van der Waals surface area contributed by atoms with Crippen LogP contribution in [0.4, 0.5) is 0 Å². The van der Waals surface area contributed by atoms with Crippen molar-refractivity contribution in [1.29, 1.82) is 0 Å². The van der Waals surface area contributed by atoms with Crippen molar-refractivity contribution in [3.63, 3.8) is 0 Å². The maximum absolute atomic E-state index is 13.5. The van der Waals surface area contributed by atoms with Crippen LogP contribution in [-0.2, 0) is 16.4 Å². The highest BCUT2D eigenvalue weighted by Crippen LogP contribution is 2.37. The number of fused-ring (bicyclic) bond motifs is 3. The molecular weight excluding hydrogens is 418 g/mol. The normalized spacial score (nSPS) is 20.4. The van der Waals surface area contributed by atoms with Gasteiger partial charge in [0.15, 0.2) is 9.84 Å². The Morgan fingerprint density at radius 1 is 1.16 bits per heavy atom. The van der Waals surface area contributed by atoms with E-state index in [2.05, 4.69) is 0 Å². The number of hydrogen-bond donors (Lipinski definition) is 0. The molecule has 0 amide bonds. The van der Waals surface area contributed by atoms with Crippen molar-refractivity contribution in [2.24, 2.45) is 0 Å². The van der Waals surface area contributed by atoms with Crippen LogP contribution >= 0.6 is 0 Å². The van der Waals surface area contributed by atoms with Crippen LogP contribution in [0.1, 0.15) is 17.7 Å². The number of hydrogen-bond acceptors (Lipinski definition) is 7. The minimum Gasteiger partial charge on any atom is -0.496 e. The fourth-order valence-electron chi connectivity index (χ4n) is 4.55. The molecule has 0 unspecified atom stereocenters. The molecule has 0 aliphatic carbocycles. The average molecular weight is 442 g/mol. The molecule has 0 bridgehead atoms. The zero-order chi connectivity index (χ0) is 21.8. The summed E-state index contributed by atoms with van der Waals surface area (Å²) in [5.74, 6) is 2.10. The first-order chi connectivity index (χ1) is 14.9. The molecule has 2 aromatic carbocycles. The standard InChI is InChI=1S/C23H23NO6S/c1-14-21(16-5-3-4-6-19(16)28-2)22(25)17-7-8-20-18(23(17)30-14)11-24(13-29-20)15-9-10-31(26,27)12-15/h3-8,15H,9-13H2,1-2H3/t15-/m0/s1. The van der Waals surface area contributed by atoms with Crippen molar-refractivity contribution in [3.05, 3.63) is 57.9 Å². The minimum atomic E-state index is -3.00. The first-order valence-electron chi connectivity index (χ1n) is 10.2. The van der Waals surface area contributed by atoms with Crippen LogP contribution in [0.2, 0.25) is 0 Å². The van der Waals surface area contributed by atoms with Gasteiger partial charge >= 0.3 is 0 Å². The van der Waals surface area contributed by atoms with Crippen LogP contribution in [0.5, 0.6) is 11.5 Å². The highest BCUT2D eigenvalue weighted by molar-refractivity contribution is 7.91. The Kier molecular flexibility index (Phi) is 4.79. The Bertz CT molecular complexity index is 1340. The largest absolute Gasteiger partial charge is 0.496 e.